The van der Waals surface area contributed by atoms with Gasteiger partial charge in [0.25, 0.3) is 11.1 Å². The molecule has 6 rings (SSSR count). The zero-order valence-electron chi connectivity index (χ0n) is 20.6. The lowest BCUT2D eigenvalue weighted by Gasteiger charge is -2.19. The minimum atomic E-state index is -0.509. The van der Waals surface area contributed by atoms with E-state index in [1.54, 1.807) is 24.3 Å². The zero-order chi connectivity index (χ0) is 26.9. The number of fused-ring (bicyclic) bond motifs is 2. The second-order valence-electron chi connectivity index (χ2n) is 9.00. The Morgan fingerprint density at radius 2 is 1.77 bits per heavy atom. The van der Waals surface area contributed by atoms with E-state index in [0.717, 1.165) is 38.7 Å². The van der Waals surface area contributed by atoms with E-state index in [4.69, 9.17) is 21.1 Å². The number of para-hydroxylation sites is 1. The topological polar surface area (TPSA) is 89.9 Å². The van der Waals surface area contributed by atoms with Gasteiger partial charge in [-0.15, -0.1) is 0 Å². The molecule has 0 unspecified atom stereocenters. The summed E-state index contributed by atoms with van der Waals surface area (Å²) in [4.78, 5) is 39.8. The van der Waals surface area contributed by atoms with Crippen molar-refractivity contribution in [3.63, 3.8) is 0 Å². The fraction of sp³-hybridized carbons (Fsp3) is 0.138. The van der Waals surface area contributed by atoms with Crippen LogP contribution in [0, 0.1) is 0 Å². The zero-order valence-corrected chi connectivity index (χ0v) is 22.1. The third kappa shape index (κ3) is 5.10. The number of rotatable bonds is 6. The fourth-order valence-corrected chi connectivity index (χ4v) is 5.60. The van der Waals surface area contributed by atoms with Crippen molar-refractivity contribution >= 4 is 63.1 Å². The number of anilines is 1. The predicted octanol–water partition coefficient (Wildman–Crippen LogP) is 5.79. The van der Waals surface area contributed by atoms with Crippen molar-refractivity contribution < 1.29 is 23.9 Å². The summed E-state index contributed by atoms with van der Waals surface area (Å²) in [5.41, 5.74) is 3.22. The van der Waals surface area contributed by atoms with E-state index >= 15 is 0 Å². The molecular weight excluding hydrogens is 538 g/mol. The summed E-state index contributed by atoms with van der Waals surface area (Å²) in [5, 5.41) is 3.83. The summed E-state index contributed by atoms with van der Waals surface area (Å²) in [6, 6.07) is 20.5. The Hall–Kier alpha value is -4.21. The number of aromatic nitrogens is 1. The number of imide groups is 1. The Kier molecular flexibility index (Phi) is 6.76. The average molecular weight is 560 g/mol. The van der Waals surface area contributed by atoms with Gasteiger partial charge in [0.15, 0.2) is 11.5 Å². The first-order chi connectivity index (χ1) is 19.0. The molecule has 1 N–H and O–H groups in total. The highest BCUT2D eigenvalue weighted by Gasteiger charge is 2.36. The van der Waals surface area contributed by atoms with Gasteiger partial charge in [-0.1, -0.05) is 48.0 Å². The van der Waals surface area contributed by atoms with Gasteiger partial charge in [0.1, 0.15) is 19.8 Å². The fourth-order valence-electron chi connectivity index (χ4n) is 4.57. The summed E-state index contributed by atoms with van der Waals surface area (Å²) in [6.45, 7) is 1.04. The molecule has 39 heavy (non-hydrogen) atoms. The van der Waals surface area contributed by atoms with Crippen molar-refractivity contribution in [2.24, 2.45) is 0 Å². The highest BCUT2D eigenvalue weighted by atomic mass is 35.5. The van der Waals surface area contributed by atoms with E-state index in [-0.39, 0.29) is 4.91 Å². The lowest BCUT2D eigenvalue weighted by Crippen LogP contribution is -2.36. The first-order valence-electron chi connectivity index (χ1n) is 12.2. The molecule has 2 aliphatic rings. The maximum Gasteiger partial charge on any atom is 0.294 e. The lowest BCUT2D eigenvalue weighted by atomic mass is 10.1. The van der Waals surface area contributed by atoms with Crippen LogP contribution >= 0.6 is 23.4 Å². The van der Waals surface area contributed by atoms with E-state index in [1.807, 2.05) is 54.7 Å². The van der Waals surface area contributed by atoms with E-state index in [0.29, 0.717) is 42.0 Å². The normalized spacial score (nSPS) is 15.8. The van der Waals surface area contributed by atoms with Crippen LogP contribution in [-0.2, 0) is 16.1 Å². The average Bonchev–Trinajstić information content (AvgIpc) is 3.41. The van der Waals surface area contributed by atoms with E-state index in [9.17, 15) is 14.4 Å². The smallest absolute Gasteiger partial charge is 0.294 e. The van der Waals surface area contributed by atoms with Crippen LogP contribution in [0.5, 0.6) is 11.5 Å². The second-order valence-corrected chi connectivity index (χ2v) is 10.4. The molecule has 196 valence electrons. The predicted molar refractivity (Wildman–Crippen MR) is 151 cm³/mol. The number of carbonyl (C=O) groups excluding carboxylic acids is 3. The maximum absolute atomic E-state index is 13.2. The van der Waals surface area contributed by atoms with Crippen molar-refractivity contribution in [1.82, 2.24) is 9.47 Å². The van der Waals surface area contributed by atoms with Gasteiger partial charge in [0.05, 0.1) is 4.91 Å². The Labute approximate surface area is 233 Å². The van der Waals surface area contributed by atoms with Crippen molar-refractivity contribution in [1.29, 1.82) is 0 Å². The molecule has 0 aliphatic carbocycles. The number of carbonyl (C=O) groups is 3. The molecule has 0 saturated carbocycles. The molecule has 0 bridgehead atoms. The minimum Gasteiger partial charge on any atom is -0.486 e. The van der Waals surface area contributed by atoms with Crippen LogP contribution in [0.2, 0.25) is 5.02 Å². The number of thioether (sulfide) groups is 1. The van der Waals surface area contributed by atoms with E-state index < -0.39 is 23.6 Å². The monoisotopic (exact) mass is 559 g/mol. The quantitative estimate of drug-likeness (QED) is 0.301. The minimum absolute atomic E-state index is 0.257. The summed E-state index contributed by atoms with van der Waals surface area (Å²) in [6.07, 6.45) is 3.64. The summed E-state index contributed by atoms with van der Waals surface area (Å²) in [7, 11) is 0. The van der Waals surface area contributed by atoms with Crippen LogP contribution in [0.4, 0.5) is 10.5 Å². The number of nitrogens with zero attached hydrogens (tertiary/aromatic N) is 2. The van der Waals surface area contributed by atoms with Crippen molar-refractivity contribution in [2.45, 2.75) is 6.54 Å². The van der Waals surface area contributed by atoms with E-state index in [2.05, 4.69) is 9.88 Å². The molecule has 3 aromatic carbocycles. The molecule has 0 atom stereocenters. The number of benzene rings is 3. The molecule has 1 saturated heterocycles. The molecule has 10 heteroatoms. The van der Waals surface area contributed by atoms with Crippen LogP contribution in [0.15, 0.2) is 77.8 Å². The highest BCUT2D eigenvalue weighted by molar-refractivity contribution is 8.18. The molecule has 0 radical (unpaired) electrons. The van der Waals surface area contributed by atoms with Gasteiger partial charge in [0.2, 0.25) is 5.91 Å². The van der Waals surface area contributed by atoms with Crippen molar-refractivity contribution in [3.05, 3.63) is 94.0 Å². The Bertz CT molecular complexity index is 1660. The number of nitrogens with one attached hydrogen (secondary N) is 1. The number of halogens is 1. The van der Waals surface area contributed by atoms with Gasteiger partial charge in [-0.05, 0) is 47.7 Å². The van der Waals surface area contributed by atoms with Gasteiger partial charge in [0, 0.05) is 46.0 Å². The second kappa shape index (κ2) is 10.5. The lowest BCUT2D eigenvalue weighted by molar-refractivity contribution is -0.127. The maximum atomic E-state index is 13.2. The van der Waals surface area contributed by atoms with Crippen molar-refractivity contribution in [3.8, 4) is 11.5 Å². The third-order valence-electron chi connectivity index (χ3n) is 6.41. The standard InChI is InChI=1S/C29H22ClN3O5S/c30-22-7-3-1-5-18(22)15-32-16-19(21-6-2-4-8-23(21)32)13-26-28(35)33(29(36)39-26)17-27(34)31-20-9-10-24-25(14-20)38-12-11-37-24/h1-10,13-14,16H,11-12,15,17H2,(H,31,34)/b26-13+. The molecule has 1 aromatic heterocycles. The number of amides is 3. The largest absolute Gasteiger partial charge is 0.486 e. The molecule has 1 fully saturated rings. The Morgan fingerprint density at radius 1 is 1.00 bits per heavy atom. The van der Waals surface area contributed by atoms with Crippen LogP contribution in [0.1, 0.15) is 11.1 Å². The van der Waals surface area contributed by atoms with Crippen LogP contribution in [-0.4, -0.2) is 46.3 Å². The molecule has 0 spiro atoms. The van der Waals surface area contributed by atoms with E-state index in [1.165, 1.54) is 0 Å². The number of hydrogen-bond donors (Lipinski definition) is 1. The SMILES string of the molecule is O=C(CN1C(=O)S/C(=C/c2cn(Cc3ccccc3Cl)c3ccccc23)C1=O)Nc1ccc2c(c1)OCCO2. The molecule has 3 heterocycles. The molecule has 8 nitrogen and oxygen atoms in total. The summed E-state index contributed by atoms with van der Waals surface area (Å²) < 4.78 is 13.1. The number of hydrogen-bond acceptors (Lipinski definition) is 6. The Morgan fingerprint density at radius 3 is 2.62 bits per heavy atom. The molecule has 4 aromatic rings. The molecule has 2 aliphatic heterocycles. The van der Waals surface area contributed by atoms with Gasteiger partial charge < -0.3 is 19.4 Å². The first kappa shape index (κ1) is 25.1. The first-order valence-corrected chi connectivity index (χ1v) is 13.4. The van der Waals surface area contributed by atoms with Gasteiger partial charge in [-0.3, -0.25) is 19.3 Å². The third-order valence-corrected chi connectivity index (χ3v) is 7.68. The summed E-state index contributed by atoms with van der Waals surface area (Å²) in [5.74, 6) is 0.127. The van der Waals surface area contributed by atoms with Gasteiger partial charge in [-0.25, -0.2) is 0 Å². The molecular formula is C29H22ClN3O5S. The van der Waals surface area contributed by atoms with Crippen LogP contribution in [0.25, 0.3) is 17.0 Å². The van der Waals surface area contributed by atoms with Gasteiger partial charge >= 0.3 is 0 Å². The Balaban J connectivity index is 1.20. The molecule has 3 amide bonds. The van der Waals surface area contributed by atoms with Gasteiger partial charge in [-0.2, -0.15) is 0 Å². The highest BCUT2D eigenvalue weighted by Crippen LogP contribution is 2.35. The summed E-state index contributed by atoms with van der Waals surface area (Å²) >= 11 is 7.20. The van der Waals surface area contributed by atoms with Crippen LogP contribution < -0.4 is 14.8 Å². The van der Waals surface area contributed by atoms with Crippen molar-refractivity contribution in [2.75, 3.05) is 25.1 Å². The van der Waals surface area contributed by atoms with Crippen LogP contribution in [0.3, 0.4) is 0 Å². The number of ether oxygens (including phenoxy) is 2.